The van der Waals surface area contributed by atoms with Crippen molar-refractivity contribution in [2.24, 2.45) is 0 Å². The lowest BCUT2D eigenvalue weighted by Crippen LogP contribution is -2.49. The van der Waals surface area contributed by atoms with E-state index < -0.39 is 12.0 Å². The maximum absolute atomic E-state index is 12.7. The van der Waals surface area contributed by atoms with Crippen molar-refractivity contribution in [3.63, 3.8) is 0 Å². The van der Waals surface area contributed by atoms with Gasteiger partial charge in [-0.2, -0.15) is 0 Å². The first kappa shape index (κ1) is 17.4. The number of nitrogens with zero attached hydrogens (tertiary/aromatic N) is 3. The smallest absolute Gasteiger partial charge is 0.326 e. The van der Waals surface area contributed by atoms with Gasteiger partial charge in [0.25, 0.3) is 0 Å². The Bertz CT molecular complexity index is 805. The molecular weight excluding hydrogens is 338 g/mol. The summed E-state index contributed by atoms with van der Waals surface area (Å²) in [6, 6.07) is 8.69. The molecule has 1 aromatic carbocycles. The zero-order valence-corrected chi connectivity index (χ0v) is 14.9. The van der Waals surface area contributed by atoms with E-state index in [0.29, 0.717) is 18.1 Å². The Hall–Kier alpha value is -2.41. The van der Waals surface area contributed by atoms with Crippen molar-refractivity contribution in [3.8, 4) is 0 Å². The van der Waals surface area contributed by atoms with E-state index in [9.17, 15) is 14.7 Å². The van der Waals surface area contributed by atoms with Crippen LogP contribution in [-0.2, 0) is 22.6 Å². The van der Waals surface area contributed by atoms with Crippen LogP contribution in [0, 0.1) is 13.8 Å². The van der Waals surface area contributed by atoms with E-state index in [1.165, 1.54) is 16.7 Å². The van der Waals surface area contributed by atoms with E-state index >= 15 is 0 Å². The third-order valence-corrected chi connectivity index (χ3v) is 4.97. The van der Waals surface area contributed by atoms with Crippen LogP contribution < -0.4 is 0 Å². The molecule has 2 heterocycles. The number of aryl methyl sites for hydroxylation is 2. The van der Waals surface area contributed by atoms with Gasteiger partial charge in [-0.1, -0.05) is 36.0 Å². The summed E-state index contributed by atoms with van der Waals surface area (Å²) in [5, 5.41) is 10.1. The van der Waals surface area contributed by atoms with Gasteiger partial charge in [-0.3, -0.25) is 4.79 Å². The lowest BCUT2D eigenvalue weighted by molar-refractivity contribution is -0.150. The van der Waals surface area contributed by atoms with Gasteiger partial charge in [0.05, 0.1) is 5.75 Å². The highest BCUT2D eigenvalue weighted by molar-refractivity contribution is 7.99. The van der Waals surface area contributed by atoms with Gasteiger partial charge in [0.15, 0.2) is 5.16 Å². The zero-order valence-electron chi connectivity index (χ0n) is 14.1. The number of aliphatic carboxylic acids is 1. The second-order valence-electron chi connectivity index (χ2n) is 6.07. The van der Waals surface area contributed by atoms with Gasteiger partial charge >= 0.3 is 5.97 Å². The number of benzene rings is 1. The molecule has 7 heteroatoms. The third kappa shape index (κ3) is 3.99. The summed E-state index contributed by atoms with van der Waals surface area (Å²) in [5.74, 6) is -1.07. The first-order chi connectivity index (χ1) is 11.9. The Morgan fingerprint density at radius 1 is 1.20 bits per heavy atom. The lowest BCUT2D eigenvalue weighted by atomic mass is 9.94. The molecule has 3 rings (SSSR count). The number of aromatic nitrogens is 2. The highest BCUT2D eigenvalue weighted by atomic mass is 32.2. The van der Waals surface area contributed by atoms with E-state index in [-0.39, 0.29) is 11.7 Å². The highest BCUT2D eigenvalue weighted by Gasteiger charge is 2.34. The molecular formula is C18H19N3O3S. The van der Waals surface area contributed by atoms with Crippen LogP contribution in [0.15, 0.2) is 35.5 Å². The van der Waals surface area contributed by atoms with Crippen molar-refractivity contribution in [3.05, 3.63) is 52.8 Å². The Kier molecular flexibility index (Phi) is 5.03. The van der Waals surface area contributed by atoms with Crippen molar-refractivity contribution in [2.45, 2.75) is 38.0 Å². The van der Waals surface area contributed by atoms with E-state index in [4.69, 9.17) is 0 Å². The van der Waals surface area contributed by atoms with Gasteiger partial charge in [0.1, 0.15) is 6.04 Å². The number of thioether (sulfide) groups is 1. The first-order valence-electron chi connectivity index (χ1n) is 7.98. The second kappa shape index (κ2) is 7.23. The molecule has 1 aliphatic rings. The summed E-state index contributed by atoms with van der Waals surface area (Å²) >= 11 is 1.24. The molecule has 130 valence electrons. The Morgan fingerprint density at radius 2 is 1.84 bits per heavy atom. The molecule has 0 saturated heterocycles. The van der Waals surface area contributed by atoms with Crippen LogP contribution in [0.25, 0.3) is 0 Å². The van der Waals surface area contributed by atoms with E-state index in [0.717, 1.165) is 22.5 Å². The van der Waals surface area contributed by atoms with Gasteiger partial charge in [-0.05, 0) is 31.0 Å². The molecule has 0 radical (unpaired) electrons. The molecule has 1 aliphatic heterocycles. The van der Waals surface area contributed by atoms with Crippen LogP contribution in [0.4, 0.5) is 0 Å². The Balaban J connectivity index is 1.74. The van der Waals surface area contributed by atoms with Crippen LogP contribution in [0.2, 0.25) is 0 Å². The summed E-state index contributed by atoms with van der Waals surface area (Å²) in [7, 11) is 0. The number of fused-ring (bicyclic) bond motifs is 1. The second-order valence-corrected chi connectivity index (χ2v) is 7.01. The molecule has 2 aromatic rings. The number of amides is 1. The predicted molar refractivity (Wildman–Crippen MR) is 94.3 cm³/mol. The molecule has 0 saturated carbocycles. The van der Waals surface area contributed by atoms with Gasteiger partial charge in [0, 0.05) is 24.4 Å². The average Bonchev–Trinajstić information content (AvgIpc) is 2.57. The molecule has 6 nitrogen and oxygen atoms in total. The van der Waals surface area contributed by atoms with Crippen molar-refractivity contribution >= 4 is 23.6 Å². The molecule has 0 aliphatic carbocycles. The molecule has 1 atom stereocenters. The van der Waals surface area contributed by atoms with Gasteiger partial charge in [0.2, 0.25) is 5.91 Å². The van der Waals surface area contributed by atoms with Crippen molar-refractivity contribution < 1.29 is 14.7 Å². The standard InChI is InChI=1S/C18H19N3O3S/c1-11-7-12(2)20-18(19-11)25-10-16(22)21-9-14-6-4-3-5-13(14)8-15(21)17(23)24/h3-7,15H,8-10H2,1-2H3,(H,23,24). The monoisotopic (exact) mass is 357 g/mol. The molecule has 1 N–H and O–H groups in total. The maximum Gasteiger partial charge on any atom is 0.326 e. The largest absolute Gasteiger partial charge is 0.480 e. The molecule has 0 fully saturated rings. The minimum Gasteiger partial charge on any atom is -0.480 e. The van der Waals surface area contributed by atoms with Crippen molar-refractivity contribution in [2.75, 3.05) is 5.75 Å². The first-order valence-corrected chi connectivity index (χ1v) is 8.96. The van der Waals surface area contributed by atoms with Crippen LogP contribution in [-0.4, -0.2) is 43.6 Å². The SMILES string of the molecule is Cc1cc(C)nc(SCC(=O)N2Cc3ccccc3CC2C(=O)O)n1. The third-order valence-electron chi connectivity index (χ3n) is 4.14. The molecule has 0 spiro atoms. The van der Waals surface area contributed by atoms with Crippen molar-refractivity contribution in [1.29, 1.82) is 0 Å². The highest BCUT2D eigenvalue weighted by Crippen LogP contribution is 2.25. The van der Waals surface area contributed by atoms with E-state index in [2.05, 4.69) is 9.97 Å². The number of carboxylic acid groups (broad SMARTS) is 1. The molecule has 1 aromatic heterocycles. The maximum atomic E-state index is 12.7. The number of hydrogen-bond donors (Lipinski definition) is 1. The Morgan fingerprint density at radius 3 is 2.48 bits per heavy atom. The topological polar surface area (TPSA) is 83.4 Å². The minimum absolute atomic E-state index is 0.120. The van der Waals surface area contributed by atoms with Crippen LogP contribution in [0.3, 0.4) is 0 Å². The fourth-order valence-electron chi connectivity index (χ4n) is 2.97. The van der Waals surface area contributed by atoms with Gasteiger partial charge < -0.3 is 10.0 Å². The summed E-state index contributed by atoms with van der Waals surface area (Å²) in [6.07, 6.45) is 0.335. The quantitative estimate of drug-likeness (QED) is 0.667. The predicted octanol–water partition coefficient (Wildman–Crippen LogP) is 2.22. The summed E-state index contributed by atoms with van der Waals surface area (Å²) in [5.41, 5.74) is 3.68. The number of carbonyl (C=O) groups excluding carboxylic acids is 1. The number of carbonyl (C=O) groups is 2. The Labute approximate surface area is 150 Å². The summed E-state index contributed by atoms with van der Waals surface area (Å²) in [4.78, 5) is 34.3. The van der Waals surface area contributed by atoms with Gasteiger partial charge in [-0.25, -0.2) is 14.8 Å². The van der Waals surface area contributed by atoms with E-state index in [1.54, 1.807) is 0 Å². The number of carboxylic acids is 1. The fourth-order valence-corrected chi connectivity index (χ4v) is 3.81. The van der Waals surface area contributed by atoms with Crippen LogP contribution in [0.5, 0.6) is 0 Å². The van der Waals surface area contributed by atoms with Gasteiger partial charge in [-0.15, -0.1) is 0 Å². The average molecular weight is 357 g/mol. The lowest BCUT2D eigenvalue weighted by Gasteiger charge is -2.34. The zero-order chi connectivity index (χ0) is 18.0. The fraction of sp³-hybridized carbons (Fsp3) is 0.333. The number of rotatable bonds is 4. The number of hydrogen-bond acceptors (Lipinski definition) is 5. The van der Waals surface area contributed by atoms with Crippen molar-refractivity contribution in [1.82, 2.24) is 14.9 Å². The molecule has 25 heavy (non-hydrogen) atoms. The molecule has 1 unspecified atom stereocenters. The summed E-state index contributed by atoms with van der Waals surface area (Å²) < 4.78 is 0. The normalized spacial score (nSPS) is 16.4. The molecule has 1 amide bonds. The van der Waals surface area contributed by atoms with Crippen LogP contribution in [0.1, 0.15) is 22.5 Å². The van der Waals surface area contributed by atoms with Crippen LogP contribution >= 0.6 is 11.8 Å². The van der Waals surface area contributed by atoms with E-state index in [1.807, 2.05) is 44.2 Å². The summed E-state index contributed by atoms with van der Waals surface area (Å²) in [6.45, 7) is 4.07. The molecule has 0 bridgehead atoms. The minimum atomic E-state index is -0.976.